The summed E-state index contributed by atoms with van der Waals surface area (Å²) in [5.74, 6) is 15.3. The standard InChI is InChI=1S/2C8H13Ge.Hf.2H/c2*1-9(2,3)8-6-4-5-7-8;;;/h2*4,6H,5H2,1-3H3;;;/q;;;2*-1. The van der Waals surface area contributed by atoms with Gasteiger partial charge in [-0.15, -0.1) is 0 Å². The third kappa shape index (κ3) is 3.97. The van der Waals surface area contributed by atoms with Crippen molar-refractivity contribution in [1.82, 2.24) is 0 Å². The van der Waals surface area contributed by atoms with Crippen molar-refractivity contribution in [3.8, 4) is 0 Å². The van der Waals surface area contributed by atoms with Crippen LogP contribution in [-0.4, -0.2) is 26.5 Å². The van der Waals surface area contributed by atoms with Gasteiger partial charge in [-0.1, -0.05) is 0 Å². The predicted octanol–water partition coefficient (Wildman–Crippen LogP) is 5.48. The molecule has 0 aliphatic heterocycles. The molecule has 0 saturated heterocycles. The Kier molecular flexibility index (Phi) is 5.11. The van der Waals surface area contributed by atoms with Crippen molar-refractivity contribution in [1.29, 1.82) is 0 Å². The van der Waals surface area contributed by atoms with Crippen LogP contribution in [0.25, 0.3) is 0 Å². The smallest absolute Gasteiger partial charge is 1.00 e. The van der Waals surface area contributed by atoms with Crippen LogP contribution in [0.2, 0.25) is 34.5 Å². The van der Waals surface area contributed by atoms with Gasteiger partial charge < -0.3 is 2.85 Å². The third-order valence-electron chi connectivity index (χ3n) is 3.78. The van der Waals surface area contributed by atoms with E-state index in [2.05, 4.69) is 58.8 Å². The SMILES string of the molecule is [CH3][Ge]([CH3])([CH3])[C]1=[C]([Hf][C]2=[C]([Ge]([CH3])([CH3])[CH3])C=CC2)CC=C1.[H-].[H-]. The Morgan fingerprint density at radius 3 is 1.47 bits per heavy atom. The molecule has 0 saturated carbocycles. The third-order valence-corrected chi connectivity index (χ3v) is 21.9. The van der Waals surface area contributed by atoms with Crippen LogP contribution in [0.3, 0.4) is 0 Å². The van der Waals surface area contributed by atoms with Gasteiger partial charge in [0.15, 0.2) is 0 Å². The van der Waals surface area contributed by atoms with Crippen molar-refractivity contribution < 1.29 is 25.8 Å². The van der Waals surface area contributed by atoms with Gasteiger partial charge >= 0.3 is 137 Å². The Balaban J connectivity index is 0.00000200. The van der Waals surface area contributed by atoms with E-state index in [0.717, 1.165) is 0 Å². The van der Waals surface area contributed by atoms with E-state index in [1.807, 2.05) is 15.5 Å². The van der Waals surface area contributed by atoms with Crippen molar-refractivity contribution in [3.63, 3.8) is 0 Å². The molecule has 0 amide bonds. The van der Waals surface area contributed by atoms with E-state index < -0.39 is 49.4 Å². The normalized spacial score (nSPS) is 19.9. The molecule has 3 heteroatoms. The number of allylic oxidation sites excluding steroid dienone is 8. The van der Waals surface area contributed by atoms with Crippen molar-refractivity contribution in [3.05, 3.63) is 39.8 Å². The monoisotopic (exact) mass is 548 g/mol. The quantitative estimate of drug-likeness (QED) is 0.412. The van der Waals surface area contributed by atoms with E-state index in [9.17, 15) is 0 Å². The van der Waals surface area contributed by atoms with Gasteiger partial charge in [0.05, 0.1) is 0 Å². The molecule has 0 radical (unpaired) electrons. The summed E-state index contributed by atoms with van der Waals surface area (Å²) in [6, 6.07) is 0. The van der Waals surface area contributed by atoms with Crippen molar-refractivity contribution in [2.24, 2.45) is 0 Å². The molecule has 2 rings (SSSR count). The van der Waals surface area contributed by atoms with Crippen LogP contribution in [0.15, 0.2) is 39.8 Å². The first-order chi connectivity index (χ1) is 8.69. The Morgan fingerprint density at radius 1 is 0.789 bits per heavy atom. The first kappa shape index (κ1) is 16.3. The zero-order chi connectivity index (χ0) is 14.3. The fourth-order valence-corrected chi connectivity index (χ4v) is 30.3. The molecule has 2 aliphatic rings. The van der Waals surface area contributed by atoms with Crippen LogP contribution < -0.4 is 0 Å². The first-order valence-corrected chi connectivity index (χ1v) is 25.5. The van der Waals surface area contributed by atoms with Gasteiger partial charge in [0.25, 0.3) is 0 Å². The van der Waals surface area contributed by atoms with Crippen molar-refractivity contribution >= 4 is 26.5 Å². The van der Waals surface area contributed by atoms with Crippen molar-refractivity contribution in [2.75, 3.05) is 0 Å². The Hall–Kier alpha value is 0.916. The Bertz CT molecular complexity index is 457. The molecule has 2 aliphatic carbocycles. The van der Waals surface area contributed by atoms with E-state index in [-0.39, 0.29) is 2.85 Å². The molecule has 0 fully saturated rings. The fourth-order valence-electron chi connectivity index (χ4n) is 2.83. The maximum absolute atomic E-state index is 2.55. The van der Waals surface area contributed by atoms with E-state index in [1.54, 1.807) is 0 Å². The van der Waals surface area contributed by atoms with Gasteiger partial charge in [-0.2, -0.15) is 0 Å². The van der Waals surface area contributed by atoms with Gasteiger partial charge in [-0.05, 0) is 0 Å². The second-order valence-electron chi connectivity index (χ2n) is 7.62. The van der Waals surface area contributed by atoms with E-state index in [0.29, 0.717) is 0 Å². The molecule has 0 aromatic rings. The van der Waals surface area contributed by atoms with Crippen LogP contribution >= 0.6 is 0 Å². The minimum Gasteiger partial charge on any atom is -1.00 e. The van der Waals surface area contributed by atoms with E-state index in [4.69, 9.17) is 0 Å². The van der Waals surface area contributed by atoms with E-state index in [1.165, 1.54) is 12.8 Å². The number of rotatable bonds is 4. The maximum Gasteiger partial charge on any atom is -1.00 e. The summed E-state index contributed by atoms with van der Waals surface area (Å²) in [5.41, 5.74) is 0. The molecule has 0 atom stereocenters. The molecule has 0 unspecified atom stereocenters. The zero-order valence-corrected chi connectivity index (χ0v) is 21.0. The van der Waals surface area contributed by atoms with Gasteiger partial charge in [-0.25, -0.2) is 0 Å². The van der Waals surface area contributed by atoms with E-state index >= 15 is 0 Å². The average Bonchev–Trinajstić information content (AvgIpc) is 2.83. The molecular weight excluding hydrogens is 516 g/mol. The zero-order valence-electron chi connectivity index (χ0n) is 15.2. The fraction of sp³-hybridized carbons (Fsp3) is 0.500. The van der Waals surface area contributed by atoms with Gasteiger partial charge in [-0.3, -0.25) is 0 Å². The molecule has 0 heterocycles. The maximum atomic E-state index is 2.55. The largest absolute Gasteiger partial charge is 1.00 e. The first-order valence-electron chi connectivity index (χ1n) is 7.27. The van der Waals surface area contributed by atoms with Gasteiger partial charge in [0, 0.05) is 0 Å². The molecule has 0 aromatic carbocycles. The molecular formula is C16H28Ge2Hf-2. The summed E-state index contributed by atoms with van der Waals surface area (Å²) in [7, 11) is 0. The Labute approximate surface area is 138 Å². The van der Waals surface area contributed by atoms with Gasteiger partial charge in [0.1, 0.15) is 0 Å². The second kappa shape index (κ2) is 5.96. The van der Waals surface area contributed by atoms with Crippen LogP contribution in [0, 0.1) is 0 Å². The number of hydrogen-bond donors (Lipinski definition) is 0. The molecule has 0 spiro atoms. The molecule has 0 nitrogen and oxygen atoms in total. The molecule has 0 aromatic heterocycles. The van der Waals surface area contributed by atoms with Crippen LogP contribution in [0.1, 0.15) is 15.7 Å². The molecule has 0 N–H and O–H groups in total. The van der Waals surface area contributed by atoms with Crippen molar-refractivity contribution in [2.45, 2.75) is 47.4 Å². The van der Waals surface area contributed by atoms with Crippen LogP contribution in [-0.2, 0) is 22.9 Å². The predicted molar refractivity (Wildman–Crippen MR) is 90.5 cm³/mol. The summed E-state index contributed by atoms with van der Waals surface area (Å²) in [5, 5.41) is 0. The molecule has 0 bridgehead atoms. The average molecular weight is 544 g/mol. The van der Waals surface area contributed by atoms with Gasteiger partial charge in [0.2, 0.25) is 0 Å². The summed E-state index contributed by atoms with van der Waals surface area (Å²) in [6.45, 7) is 0. The minimum absolute atomic E-state index is 0. The Morgan fingerprint density at radius 2 is 1.16 bits per heavy atom. The summed E-state index contributed by atoms with van der Waals surface area (Å²) < 4.78 is 7.58. The summed E-state index contributed by atoms with van der Waals surface area (Å²) >= 11 is -3.97. The van der Waals surface area contributed by atoms with Crippen LogP contribution in [0.4, 0.5) is 0 Å². The topological polar surface area (TPSA) is 0 Å². The molecule has 19 heavy (non-hydrogen) atoms. The number of hydrogen-bond acceptors (Lipinski definition) is 0. The molecule has 106 valence electrons. The minimum atomic E-state index is -1.62. The summed E-state index contributed by atoms with van der Waals surface area (Å²) in [6.07, 6.45) is 12.5. The summed E-state index contributed by atoms with van der Waals surface area (Å²) in [4.78, 5) is 0. The van der Waals surface area contributed by atoms with Crippen LogP contribution in [0.5, 0.6) is 0 Å². The second-order valence-corrected chi connectivity index (χ2v) is 34.0.